The molecule has 0 aromatic carbocycles. The van der Waals surface area contributed by atoms with E-state index in [0.29, 0.717) is 68.1 Å². The first-order chi connectivity index (χ1) is 61.3. The smallest absolute Gasteiger partial charge is 0.0794 e. The first kappa shape index (κ1) is 143. The number of morpholine rings is 1. The molecule has 13 nitrogen and oxygen atoms in total. The molecule has 820 valence electrons. The zero-order valence-corrected chi connectivity index (χ0v) is 103. The van der Waals surface area contributed by atoms with Gasteiger partial charge in [0.1, 0.15) is 0 Å². The second kappa shape index (κ2) is 70.4. The van der Waals surface area contributed by atoms with Gasteiger partial charge in [0.15, 0.2) is 0 Å². The van der Waals surface area contributed by atoms with Crippen LogP contribution in [0.2, 0.25) is 0 Å². The number of nitrogens with zero attached hydrogens (tertiary/aromatic N) is 7. The van der Waals surface area contributed by atoms with Gasteiger partial charge in [-0.2, -0.15) is 0 Å². The number of ether oxygens (including phenoxy) is 3. The van der Waals surface area contributed by atoms with Gasteiger partial charge in [-0.1, -0.05) is 356 Å². The molecule has 135 heavy (non-hydrogen) atoms. The van der Waals surface area contributed by atoms with Crippen LogP contribution in [0.15, 0.2) is 0 Å². The van der Waals surface area contributed by atoms with Crippen molar-refractivity contribution in [3.05, 3.63) is 0 Å². The van der Waals surface area contributed by atoms with Gasteiger partial charge in [0.05, 0.1) is 31.5 Å². The lowest BCUT2D eigenvalue weighted by atomic mass is 9.77. The summed E-state index contributed by atoms with van der Waals surface area (Å²) < 4.78 is 14.8. The van der Waals surface area contributed by atoms with Gasteiger partial charge in [0, 0.05) is 140 Å². The number of rotatable bonds is 35. The molecule has 10 rings (SSSR count). The van der Waals surface area contributed by atoms with E-state index in [1.54, 1.807) is 14.2 Å². The molecule has 0 aromatic rings. The molecular formula is C122H261N7O6. The first-order valence-electron chi connectivity index (χ1n) is 57.0. The van der Waals surface area contributed by atoms with E-state index in [0.717, 1.165) is 168 Å². The largest absolute Gasteiger partial charge is 0.390 e. The predicted octanol–water partition coefficient (Wildman–Crippen LogP) is 31.4. The Labute approximate surface area is 853 Å². The van der Waals surface area contributed by atoms with Crippen LogP contribution >= 0.6 is 0 Å². The molecular weight excluding hydrogens is 1660 g/mol. The predicted molar refractivity (Wildman–Crippen MR) is 607 cm³/mol. The van der Waals surface area contributed by atoms with Gasteiger partial charge in [0.25, 0.3) is 0 Å². The van der Waals surface area contributed by atoms with Gasteiger partial charge < -0.3 is 44.2 Å². The maximum Gasteiger partial charge on any atom is 0.0794 e. The number of hydrogen-bond acceptors (Lipinski definition) is 13. The number of β-amino-alcohol motifs (C(OH)–C–C–N with tert-alkyl or cyclic N) is 3. The summed E-state index contributed by atoms with van der Waals surface area (Å²) in [6, 6.07) is 3.50. The van der Waals surface area contributed by atoms with Gasteiger partial charge in [-0.05, 0) is 267 Å². The summed E-state index contributed by atoms with van der Waals surface area (Å²) >= 11 is 0. The number of aliphatic hydroxyl groups is 3. The number of hydrogen-bond donors (Lipinski definition) is 3. The molecule has 4 saturated heterocycles. The third kappa shape index (κ3) is 71.6. The lowest BCUT2D eigenvalue weighted by Crippen LogP contribution is -2.61. The Hall–Kier alpha value is -0.520. The Bertz CT molecular complexity index is 2440. The van der Waals surface area contributed by atoms with E-state index in [4.69, 9.17) is 29.5 Å². The van der Waals surface area contributed by atoms with E-state index < -0.39 is 0 Å². The minimum Gasteiger partial charge on any atom is -0.390 e. The fourth-order valence-electron chi connectivity index (χ4n) is 14.5. The van der Waals surface area contributed by atoms with Crippen molar-refractivity contribution in [2.24, 2.45) is 133 Å². The molecule has 6 aliphatic carbocycles. The van der Waals surface area contributed by atoms with Crippen molar-refractivity contribution in [2.45, 2.75) is 528 Å². The highest BCUT2D eigenvalue weighted by Gasteiger charge is 2.42. The zero-order valence-electron chi connectivity index (χ0n) is 103. The van der Waals surface area contributed by atoms with Crippen molar-refractivity contribution < 1.29 is 29.5 Å². The van der Waals surface area contributed by atoms with Gasteiger partial charge >= 0.3 is 0 Å². The highest BCUT2D eigenvalue weighted by Crippen LogP contribution is 2.46. The third-order valence-electron chi connectivity index (χ3n) is 34.2. The molecule has 13 heteroatoms. The average molecular weight is 1920 g/mol. The summed E-state index contributed by atoms with van der Waals surface area (Å²) in [5.41, 5.74) is 4.13. The van der Waals surface area contributed by atoms with Crippen LogP contribution in [0.25, 0.3) is 0 Å². The van der Waals surface area contributed by atoms with Crippen molar-refractivity contribution in [1.82, 2.24) is 34.3 Å². The van der Waals surface area contributed by atoms with Crippen LogP contribution in [-0.2, 0) is 14.2 Å². The highest BCUT2D eigenvalue weighted by molar-refractivity contribution is 4.96. The second-order valence-electron chi connectivity index (χ2n) is 55.1. The Morgan fingerprint density at radius 1 is 0.281 bits per heavy atom. The third-order valence-corrected chi connectivity index (χ3v) is 34.2. The Morgan fingerprint density at radius 2 is 0.467 bits per heavy atom. The van der Waals surface area contributed by atoms with E-state index in [2.05, 4.69) is 409 Å². The Kier molecular flexibility index (Phi) is 74.5. The lowest BCUT2D eigenvalue weighted by molar-refractivity contribution is -0.0707. The second-order valence-corrected chi connectivity index (χ2v) is 55.1. The SMILES string of the molecule is CC(C)C(C)(C)CC1CC1.CC(C)C(C)(C)CC1CC1.CC(C)C(C)(C)CC1CC1.CC(C)C(C)(C)N1CC(O)C1.CC(C)C(C)(C)N1CC(O)C1.CC(C)C(C)(C)N1CC(O)C1.CC(C)CN(C)C1CC1.CC(C)CN(C)C1CC1.CC(C)CN(C)C1CC1.CC(C)N1CCOCC1.CCC(C)(C)C(C)C.CCC(C)(C)C(C)C.CCC(C)(C)C(C)C.COCC(C)C.COCC(C)C. The molecule has 0 aromatic heterocycles. The van der Waals surface area contributed by atoms with Crippen molar-refractivity contribution in [3.63, 3.8) is 0 Å². The van der Waals surface area contributed by atoms with Gasteiger partial charge in [-0.3, -0.25) is 19.6 Å². The fourth-order valence-corrected chi connectivity index (χ4v) is 14.5. The van der Waals surface area contributed by atoms with Crippen LogP contribution in [0, 0.1) is 133 Å². The van der Waals surface area contributed by atoms with Crippen molar-refractivity contribution >= 4 is 0 Å². The molecule has 10 fully saturated rings. The standard InChI is InChI=1S/3C10H20.3C9H19NO.3C8H17N.3C8H18.C7H15NO.2C5H12O/c3*1-8(2)10(3,4)7-9-5-6-9;3*1-7(2)9(3,4)10-5-8(11)6-10;3*1-7(2)6-9(3)8-4-5-8;3*1-6-8(4,5)7(2)3;1-7(2)8-3-5-9-6-4-8;2*1-5(2)4-6-3/h3*8-9H,5-7H2,1-4H3;3*7-8,11H,5-6H2,1-4H3;3*7-8H,4-6H2,1-3H3;3*7H,6H2,1-5H3;7H,3-6H2,1-2H3;2*5H,4H2,1-3H3. The topological polar surface area (TPSA) is 111 Å². The molecule has 0 radical (unpaired) electrons. The number of likely N-dealkylation sites (tertiary alicyclic amines) is 3. The Morgan fingerprint density at radius 3 is 0.556 bits per heavy atom. The maximum atomic E-state index is 9.12. The minimum absolute atomic E-state index is 0.0759. The molecule has 0 spiro atoms. The molecule has 4 heterocycles. The summed E-state index contributed by atoms with van der Waals surface area (Å²) in [6.45, 7) is 131. The molecule has 10 aliphatic rings. The monoisotopic (exact) mass is 1920 g/mol. The highest BCUT2D eigenvalue weighted by atomic mass is 16.5. The van der Waals surface area contributed by atoms with Crippen LogP contribution in [0.4, 0.5) is 0 Å². The summed E-state index contributed by atoms with van der Waals surface area (Å²) in [4.78, 5) is 16.9. The van der Waals surface area contributed by atoms with Crippen LogP contribution in [0.5, 0.6) is 0 Å². The molecule has 3 N–H and O–H groups in total. The van der Waals surface area contributed by atoms with Crippen LogP contribution < -0.4 is 0 Å². The first-order valence-corrected chi connectivity index (χ1v) is 57.0. The van der Waals surface area contributed by atoms with E-state index in [1.165, 1.54) is 135 Å². The van der Waals surface area contributed by atoms with E-state index in [9.17, 15) is 0 Å². The fraction of sp³-hybridized carbons (Fsp3) is 1.00. The van der Waals surface area contributed by atoms with Crippen molar-refractivity contribution in [2.75, 3.05) is 134 Å². The van der Waals surface area contributed by atoms with Gasteiger partial charge in [0.2, 0.25) is 0 Å². The Balaban J connectivity index is -0.000000448. The quantitative estimate of drug-likeness (QED) is 0.0561. The average Bonchev–Trinajstić information content (AvgIpc) is 1.22. The molecule has 4 aliphatic heterocycles. The van der Waals surface area contributed by atoms with Crippen LogP contribution in [-0.4, -0.2) is 242 Å². The van der Waals surface area contributed by atoms with Gasteiger partial charge in [-0.15, -0.1) is 0 Å². The lowest BCUT2D eigenvalue weighted by Gasteiger charge is -2.49. The van der Waals surface area contributed by atoms with Crippen molar-refractivity contribution in [1.29, 1.82) is 0 Å². The normalized spacial score (nSPS) is 18.6. The number of methoxy groups -OCH3 is 2. The molecule has 0 unspecified atom stereocenters. The van der Waals surface area contributed by atoms with E-state index in [1.807, 2.05) is 0 Å². The summed E-state index contributed by atoms with van der Waals surface area (Å²) in [6.07, 6.45) is 25.5. The molecule has 0 amide bonds. The van der Waals surface area contributed by atoms with E-state index >= 15 is 0 Å². The molecule has 6 saturated carbocycles. The van der Waals surface area contributed by atoms with E-state index in [-0.39, 0.29) is 34.9 Å². The van der Waals surface area contributed by atoms with Crippen LogP contribution in [0.1, 0.15) is 469 Å². The number of aliphatic hydroxyl groups excluding tert-OH is 3. The van der Waals surface area contributed by atoms with Gasteiger partial charge in [-0.25, -0.2) is 0 Å². The summed E-state index contributed by atoms with van der Waals surface area (Å²) in [7, 11) is 10.1. The molecule has 0 atom stereocenters. The zero-order chi connectivity index (χ0) is 107. The van der Waals surface area contributed by atoms with Crippen molar-refractivity contribution in [3.8, 4) is 0 Å². The minimum atomic E-state index is -0.0759. The molecule has 0 bridgehead atoms. The maximum absolute atomic E-state index is 9.12. The summed E-state index contributed by atoms with van der Waals surface area (Å²) in [5.74, 6) is 14.0. The van der Waals surface area contributed by atoms with Crippen LogP contribution in [0.3, 0.4) is 0 Å². The summed E-state index contributed by atoms with van der Waals surface area (Å²) in [5, 5.41) is 27.4.